The van der Waals surface area contributed by atoms with Crippen LogP contribution < -0.4 is 0 Å². The van der Waals surface area contributed by atoms with Gasteiger partial charge in [-0.3, -0.25) is 0 Å². The quantitative estimate of drug-likeness (QED) is 0.494. The second-order valence-electron chi connectivity index (χ2n) is 3.46. The molecular formula is C12H12O. The van der Waals surface area contributed by atoms with Gasteiger partial charge in [0.1, 0.15) is 6.29 Å². The van der Waals surface area contributed by atoms with Gasteiger partial charge < -0.3 is 4.79 Å². The molecule has 2 atom stereocenters. The molecule has 0 bridgehead atoms. The smallest absolute Gasteiger partial charge is 0.124 e. The number of hydrogen-bond donors (Lipinski definition) is 0. The number of carbonyl (C=O) groups is 1. The van der Waals surface area contributed by atoms with Gasteiger partial charge in [0.25, 0.3) is 0 Å². The van der Waals surface area contributed by atoms with E-state index in [0.717, 1.165) is 12.7 Å². The Bertz CT molecular complexity index is 341. The highest BCUT2D eigenvalue weighted by Gasteiger charge is 2.29. The van der Waals surface area contributed by atoms with E-state index in [1.54, 1.807) is 0 Å². The third kappa shape index (κ3) is 1.21. The van der Waals surface area contributed by atoms with Gasteiger partial charge in [0.2, 0.25) is 0 Å². The lowest BCUT2D eigenvalue weighted by Gasteiger charge is -2.08. The van der Waals surface area contributed by atoms with Crippen molar-refractivity contribution >= 4 is 6.29 Å². The van der Waals surface area contributed by atoms with Gasteiger partial charge in [-0.2, -0.15) is 0 Å². The predicted molar refractivity (Wildman–Crippen MR) is 52.6 cm³/mol. The van der Waals surface area contributed by atoms with E-state index < -0.39 is 0 Å². The summed E-state index contributed by atoms with van der Waals surface area (Å²) in [6.45, 7) is 3.78. The summed E-state index contributed by atoms with van der Waals surface area (Å²) in [5.74, 6) is 0.337. The topological polar surface area (TPSA) is 17.1 Å². The third-order valence-corrected chi connectivity index (χ3v) is 2.76. The van der Waals surface area contributed by atoms with E-state index in [9.17, 15) is 4.79 Å². The number of carbonyl (C=O) groups excluding carboxylic acids is 1. The highest BCUT2D eigenvalue weighted by molar-refractivity contribution is 5.61. The standard InChI is InChI=1S/C12H12O/c1-2-11-10(8-13)7-9-5-3-4-6-12(9)11/h2-6,8,10-11H,1,7H2. The Labute approximate surface area is 78.1 Å². The average molecular weight is 172 g/mol. The number of aldehydes is 1. The molecule has 1 aromatic rings. The number of rotatable bonds is 2. The van der Waals surface area contributed by atoms with Gasteiger partial charge in [0, 0.05) is 11.8 Å². The van der Waals surface area contributed by atoms with E-state index in [-0.39, 0.29) is 11.8 Å². The minimum absolute atomic E-state index is 0.106. The molecule has 1 aromatic carbocycles. The first kappa shape index (κ1) is 8.24. The van der Waals surface area contributed by atoms with Crippen molar-refractivity contribution in [2.45, 2.75) is 12.3 Å². The van der Waals surface area contributed by atoms with E-state index in [1.807, 2.05) is 18.2 Å². The fraction of sp³-hybridized carbons (Fsp3) is 0.250. The molecule has 13 heavy (non-hydrogen) atoms. The highest BCUT2D eigenvalue weighted by Crippen LogP contribution is 2.37. The van der Waals surface area contributed by atoms with Gasteiger partial charge in [0.15, 0.2) is 0 Å². The molecule has 1 aliphatic rings. The molecule has 0 saturated heterocycles. The van der Waals surface area contributed by atoms with Crippen LogP contribution in [0.25, 0.3) is 0 Å². The Morgan fingerprint density at radius 3 is 2.85 bits per heavy atom. The van der Waals surface area contributed by atoms with Gasteiger partial charge in [-0.1, -0.05) is 30.3 Å². The maximum atomic E-state index is 10.8. The summed E-state index contributed by atoms with van der Waals surface area (Å²) in [6.07, 6.45) is 3.80. The fourth-order valence-corrected chi connectivity index (χ4v) is 2.09. The normalized spacial score (nSPS) is 25.2. The molecule has 2 unspecified atom stereocenters. The number of hydrogen-bond acceptors (Lipinski definition) is 1. The Morgan fingerprint density at radius 2 is 2.15 bits per heavy atom. The molecule has 1 aliphatic carbocycles. The highest BCUT2D eigenvalue weighted by atomic mass is 16.1. The zero-order valence-corrected chi connectivity index (χ0v) is 7.44. The molecule has 0 radical (unpaired) electrons. The Balaban J connectivity index is 2.45. The first-order valence-electron chi connectivity index (χ1n) is 4.52. The van der Waals surface area contributed by atoms with E-state index in [0.29, 0.717) is 0 Å². The third-order valence-electron chi connectivity index (χ3n) is 2.76. The molecule has 1 nitrogen and oxygen atoms in total. The van der Waals surface area contributed by atoms with Crippen LogP contribution in [0, 0.1) is 5.92 Å². The van der Waals surface area contributed by atoms with Crippen LogP contribution in [0.15, 0.2) is 36.9 Å². The Hall–Kier alpha value is -1.37. The summed E-state index contributed by atoms with van der Waals surface area (Å²) in [4.78, 5) is 10.8. The van der Waals surface area contributed by atoms with Crippen molar-refractivity contribution in [3.8, 4) is 0 Å². The zero-order chi connectivity index (χ0) is 9.26. The van der Waals surface area contributed by atoms with Gasteiger partial charge in [0.05, 0.1) is 0 Å². The van der Waals surface area contributed by atoms with Crippen molar-refractivity contribution in [3.63, 3.8) is 0 Å². The Morgan fingerprint density at radius 1 is 1.38 bits per heavy atom. The fourth-order valence-electron chi connectivity index (χ4n) is 2.09. The second-order valence-corrected chi connectivity index (χ2v) is 3.46. The molecule has 66 valence electrons. The number of allylic oxidation sites excluding steroid dienone is 1. The molecule has 0 aromatic heterocycles. The minimum Gasteiger partial charge on any atom is -0.303 e. The lowest BCUT2D eigenvalue weighted by molar-refractivity contribution is -0.111. The van der Waals surface area contributed by atoms with Gasteiger partial charge in [-0.05, 0) is 17.5 Å². The largest absolute Gasteiger partial charge is 0.303 e. The lowest BCUT2D eigenvalue weighted by atomic mass is 9.94. The summed E-state index contributed by atoms with van der Waals surface area (Å²) >= 11 is 0. The molecular weight excluding hydrogens is 160 g/mol. The zero-order valence-electron chi connectivity index (χ0n) is 7.44. The van der Waals surface area contributed by atoms with Crippen LogP contribution in [0.4, 0.5) is 0 Å². The van der Waals surface area contributed by atoms with E-state index in [1.165, 1.54) is 11.1 Å². The molecule has 0 aliphatic heterocycles. The first-order chi connectivity index (χ1) is 6.36. The maximum absolute atomic E-state index is 10.8. The summed E-state index contributed by atoms with van der Waals surface area (Å²) in [5, 5.41) is 0. The van der Waals surface area contributed by atoms with Crippen LogP contribution in [0.3, 0.4) is 0 Å². The monoisotopic (exact) mass is 172 g/mol. The second kappa shape index (κ2) is 3.17. The van der Waals surface area contributed by atoms with Crippen LogP contribution in [-0.4, -0.2) is 6.29 Å². The first-order valence-corrected chi connectivity index (χ1v) is 4.52. The SMILES string of the molecule is C=CC1c2ccccc2CC1C=O. The predicted octanol–water partition coefficient (Wildman–Crippen LogP) is 2.33. The summed E-state index contributed by atoms with van der Waals surface area (Å²) in [7, 11) is 0. The minimum atomic E-state index is 0.106. The van der Waals surface area contributed by atoms with Crippen molar-refractivity contribution in [2.24, 2.45) is 5.92 Å². The van der Waals surface area contributed by atoms with Crippen LogP contribution in [0.5, 0.6) is 0 Å². The molecule has 0 saturated carbocycles. The summed E-state index contributed by atoms with van der Waals surface area (Å²) < 4.78 is 0. The molecule has 0 N–H and O–H groups in total. The molecule has 0 spiro atoms. The molecule has 1 heteroatoms. The molecule has 0 heterocycles. The van der Waals surface area contributed by atoms with Crippen molar-refractivity contribution in [2.75, 3.05) is 0 Å². The number of benzene rings is 1. The van der Waals surface area contributed by atoms with Crippen LogP contribution in [0.1, 0.15) is 17.0 Å². The van der Waals surface area contributed by atoms with E-state index in [4.69, 9.17) is 0 Å². The molecule has 0 amide bonds. The van der Waals surface area contributed by atoms with Crippen LogP contribution in [-0.2, 0) is 11.2 Å². The van der Waals surface area contributed by atoms with Crippen LogP contribution in [0.2, 0.25) is 0 Å². The summed E-state index contributed by atoms with van der Waals surface area (Å²) in [5.41, 5.74) is 2.57. The van der Waals surface area contributed by atoms with Gasteiger partial charge in [-0.25, -0.2) is 0 Å². The van der Waals surface area contributed by atoms with E-state index >= 15 is 0 Å². The molecule has 2 rings (SSSR count). The molecule has 0 fully saturated rings. The van der Waals surface area contributed by atoms with Gasteiger partial charge in [-0.15, -0.1) is 6.58 Å². The van der Waals surface area contributed by atoms with Crippen molar-refractivity contribution in [1.29, 1.82) is 0 Å². The summed E-state index contributed by atoms with van der Waals surface area (Å²) in [6, 6.07) is 8.22. The van der Waals surface area contributed by atoms with Crippen molar-refractivity contribution in [3.05, 3.63) is 48.0 Å². The van der Waals surface area contributed by atoms with Crippen LogP contribution >= 0.6 is 0 Å². The van der Waals surface area contributed by atoms with Crippen molar-refractivity contribution < 1.29 is 4.79 Å². The Kier molecular flexibility index (Phi) is 2.01. The average Bonchev–Trinajstić information content (AvgIpc) is 2.55. The van der Waals surface area contributed by atoms with Crippen molar-refractivity contribution in [1.82, 2.24) is 0 Å². The lowest BCUT2D eigenvalue weighted by Crippen LogP contribution is -2.06. The van der Waals surface area contributed by atoms with E-state index in [2.05, 4.69) is 18.7 Å². The maximum Gasteiger partial charge on any atom is 0.124 e. The van der Waals surface area contributed by atoms with Gasteiger partial charge >= 0.3 is 0 Å². The number of fused-ring (bicyclic) bond motifs is 1.